The zero-order valence-corrected chi connectivity index (χ0v) is 17.4. The molecule has 7 heteroatoms. The SMILES string of the molecule is CN(C)C(=O)COC(=O)c1cc(-c2ccccc2)nc2c1cnn2Cc1ccccc1. The molecule has 0 aliphatic carbocycles. The standard InChI is InChI=1S/C24H22N4O3/c1-27(2)22(29)16-31-24(30)19-13-21(18-11-7-4-8-12-18)26-23-20(19)14-25-28(23)15-17-9-5-3-6-10-17/h3-14H,15-16H2,1-2H3. The summed E-state index contributed by atoms with van der Waals surface area (Å²) >= 11 is 0. The monoisotopic (exact) mass is 414 g/mol. The normalized spacial score (nSPS) is 10.8. The van der Waals surface area contributed by atoms with E-state index in [1.165, 1.54) is 4.90 Å². The minimum atomic E-state index is -0.584. The van der Waals surface area contributed by atoms with Crippen molar-refractivity contribution in [2.75, 3.05) is 20.7 Å². The molecule has 156 valence electrons. The second kappa shape index (κ2) is 8.79. The number of hydrogen-bond donors (Lipinski definition) is 0. The van der Waals surface area contributed by atoms with Crippen LogP contribution in [0.2, 0.25) is 0 Å². The van der Waals surface area contributed by atoms with Crippen LogP contribution in [0.3, 0.4) is 0 Å². The van der Waals surface area contributed by atoms with Gasteiger partial charge in [0.15, 0.2) is 12.3 Å². The predicted molar refractivity (Wildman–Crippen MR) is 117 cm³/mol. The van der Waals surface area contributed by atoms with Crippen LogP contribution in [0.1, 0.15) is 15.9 Å². The molecule has 2 aromatic heterocycles. The Kier molecular flexibility index (Phi) is 5.75. The van der Waals surface area contributed by atoms with E-state index < -0.39 is 5.97 Å². The number of rotatable bonds is 6. The molecule has 0 saturated carbocycles. The van der Waals surface area contributed by atoms with Crippen molar-refractivity contribution in [2.24, 2.45) is 0 Å². The van der Waals surface area contributed by atoms with Crippen LogP contribution in [-0.4, -0.2) is 52.2 Å². The molecule has 0 aliphatic rings. The fraction of sp³-hybridized carbons (Fsp3) is 0.167. The highest BCUT2D eigenvalue weighted by atomic mass is 16.5. The number of carbonyl (C=O) groups excluding carboxylic acids is 2. The van der Waals surface area contributed by atoms with Gasteiger partial charge in [-0.2, -0.15) is 5.10 Å². The quantitative estimate of drug-likeness (QED) is 0.452. The molecule has 0 atom stereocenters. The number of nitrogens with zero attached hydrogens (tertiary/aromatic N) is 4. The Morgan fingerprint density at radius 2 is 1.68 bits per heavy atom. The van der Waals surface area contributed by atoms with E-state index in [2.05, 4.69) is 5.10 Å². The molecule has 7 nitrogen and oxygen atoms in total. The third-order valence-corrected chi connectivity index (χ3v) is 4.90. The fourth-order valence-electron chi connectivity index (χ4n) is 3.18. The second-order valence-corrected chi connectivity index (χ2v) is 7.31. The first kappa shape index (κ1) is 20.3. The lowest BCUT2D eigenvalue weighted by Gasteiger charge is -2.12. The largest absolute Gasteiger partial charge is 0.452 e. The lowest BCUT2D eigenvalue weighted by Crippen LogP contribution is -2.27. The highest BCUT2D eigenvalue weighted by Crippen LogP contribution is 2.26. The van der Waals surface area contributed by atoms with Gasteiger partial charge in [0.05, 0.1) is 29.4 Å². The summed E-state index contributed by atoms with van der Waals surface area (Å²) in [6.45, 7) is 0.192. The molecule has 0 aliphatic heterocycles. The summed E-state index contributed by atoms with van der Waals surface area (Å²) in [5.41, 5.74) is 3.48. The Labute approximate surface area is 179 Å². The van der Waals surface area contributed by atoms with Crippen LogP contribution in [0.5, 0.6) is 0 Å². The summed E-state index contributed by atoms with van der Waals surface area (Å²) in [6.07, 6.45) is 1.62. The van der Waals surface area contributed by atoms with E-state index >= 15 is 0 Å². The van der Waals surface area contributed by atoms with Crippen molar-refractivity contribution in [3.05, 3.63) is 84.1 Å². The van der Waals surface area contributed by atoms with Gasteiger partial charge in [-0.05, 0) is 11.6 Å². The molecule has 31 heavy (non-hydrogen) atoms. The molecule has 0 bridgehead atoms. The van der Waals surface area contributed by atoms with E-state index in [-0.39, 0.29) is 12.5 Å². The van der Waals surface area contributed by atoms with Crippen LogP contribution in [-0.2, 0) is 16.1 Å². The Balaban J connectivity index is 1.77. The summed E-state index contributed by atoms with van der Waals surface area (Å²) in [5.74, 6) is -0.874. The molecule has 0 spiro atoms. The van der Waals surface area contributed by atoms with Gasteiger partial charge in [0.25, 0.3) is 5.91 Å². The number of aromatic nitrogens is 3. The highest BCUT2D eigenvalue weighted by molar-refractivity contribution is 6.04. The average molecular weight is 414 g/mol. The maximum atomic E-state index is 12.9. The van der Waals surface area contributed by atoms with E-state index in [9.17, 15) is 9.59 Å². The lowest BCUT2D eigenvalue weighted by molar-refractivity contribution is -0.131. The number of hydrogen-bond acceptors (Lipinski definition) is 5. The van der Waals surface area contributed by atoms with Crippen molar-refractivity contribution >= 4 is 22.9 Å². The van der Waals surface area contributed by atoms with Crippen LogP contribution >= 0.6 is 0 Å². The first-order valence-corrected chi connectivity index (χ1v) is 9.86. The maximum Gasteiger partial charge on any atom is 0.339 e. The van der Waals surface area contributed by atoms with Gasteiger partial charge < -0.3 is 9.64 Å². The zero-order valence-electron chi connectivity index (χ0n) is 17.4. The molecular weight excluding hydrogens is 392 g/mol. The van der Waals surface area contributed by atoms with Crippen LogP contribution in [0.25, 0.3) is 22.3 Å². The smallest absolute Gasteiger partial charge is 0.339 e. The molecule has 1 amide bonds. The number of amides is 1. The summed E-state index contributed by atoms with van der Waals surface area (Å²) in [7, 11) is 3.23. The first-order valence-electron chi connectivity index (χ1n) is 9.86. The zero-order chi connectivity index (χ0) is 21.8. The van der Waals surface area contributed by atoms with Gasteiger partial charge in [-0.1, -0.05) is 60.7 Å². The van der Waals surface area contributed by atoms with Crippen LogP contribution in [0.4, 0.5) is 0 Å². The number of likely N-dealkylation sites (N-methyl/N-ethyl adjacent to an activating group) is 1. The second-order valence-electron chi connectivity index (χ2n) is 7.31. The van der Waals surface area contributed by atoms with Crippen LogP contribution in [0.15, 0.2) is 72.9 Å². The van der Waals surface area contributed by atoms with Crippen molar-refractivity contribution < 1.29 is 14.3 Å². The molecule has 0 fully saturated rings. The first-order chi connectivity index (χ1) is 15.0. The van der Waals surface area contributed by atoms with Gasteiger partial charge in [0.1, 0.15) is 0 Å². The van der Waals surface area contributed by atoms with E-state index in [0.29, 0.717) is 28.8 Å². The number of pyridine rings is 1. The molecule has 2 aromatic carbocycles. The van der Waals surface area contributed by atoms with Crippen molar-refractivity contribution in [2.45, 2.75) is 6.54 Å². The van der Waals surface area contributed by atoms with Gasteiger partial charge in [0, 0.05) is 19.7 Å². The van der Waals surface area contributed by atoms with Crippen LogP contribution in [0, 0.1) is 0 Å². The van der Waals surface area contributed by atoms with E-state index in [1.807, 2.05) is 60.7 Å². The number of ether oxygens (including phenoxy) is 1. The Bertz CT molecular complexity index is 1220. The Morgan fingerprint density at radius 3 is 2.35 bits per heavy atom. The Morgan fingerprint density at radius 1 is 1.00 bits per heavy atom. The molecule has 0 N–H and O–H groups in total. The van der Waals surface area contributed by atoms with Gasteiger partial charge in [-0.15, -0.1) is 0 Å². The third-order valence-electron chi connectivity index (χ3n) is 4.90. The van der Waals surface area contributed by atoms with Crippen LogP contribution < -0.4 is 0 Å². The summed E-state index contributed by atoms with van der Waals surface area (Å²) in [5, 5.41) is 5.04. The maximum absolute atomic E-state index is 12.9. The Hall–Kier alpha value is -4.00. The van der Waals surface area contributed by atoms with Crippen molar-refractivity contribution in [3.8, 4) is 11.3 Å². The molecule has 0 radical (unpaired) electrons. The third kappa shape index (κ3) is 4.45. The lowest BCUT2D eigenvalue weighted by atomic mass is 10.1. The summed E-state index contributed by atoms with van der Waals surface area (Å²) < 4.78 is 7.05. The fourth-order valence-corrected chi connectivity index (χ4v) is 3.18. The van der Waals surface area contributed by atoms with Gasteiger partial charge in [-0.3, -0.25) is 4.79 Å². The van der Waals surface area contributed by atoms with Gasteiger partial charge in [-0.25, -0.2) is 14.5 Å². The number of fused-ring (bicyclic) bond motifs is 1. The van der Waals surface area contributed by atoms with Crippen molar-refractivity contribution in [1.29, 1.82) is 0 Å². The van der Waals surface area contributed by atoms with Gasteiger partial charge >= 0.3 is 5.97 Å². The van der Waals surface area contributed by atoms with E-state index in [0.717, 1.165) is 11.1 Å². The number of carbonyl (C=O) groups is 2. The van der Waals surface area contributed by atoms with E-state index in [1.54, 1.807) is 31.0 Å². The minimum Gasteiger partial charge on any atom is -0.452 e. The molecule has 0 unspecified atom stereocenters. The molecule has 2 heterocycles. The number of esters is 1. The summed E-state index contributed by atoms with van der Waals surface area (Å²) in [6, 6.07) is 21.2. The van der Waals surface area contributed by atoms with Gasteiger partial charge in [0.2, 0.25) is 0 Å². The topological polar surface area (TPSA) is 77.3 Å². The average Bonchev–Trinajstić information content (AvgIpc) is 3.20. The van der Waals surface area contributed by atoms with E-state index in [4.69, 9.17) is 9.72 Å². The predicted octanol–water partition coefficient (Wildman–Crippen LogP) is 3.39. The van der Waals surface area contributed by atoms with Crippen molar-refractivity contribution in [3.63, 3.8) is 0 Å². The minimum absolute atomic E-state index is 0.290. The molecular formula is C24H22N4O3. The number of benzene rings is 2. The summed E-state index contributed by atoms with van der Waals surface area (Å²) in [4.78, 5) is 30.9. The highest BCUT2D eigenvalue weighted by Gasteiger charge is 2.20. The van der Waals surface area contributed by atoms with Crippen molar-refractivity contribution in [1.82, 2.24) is 19.7 Å². The molecule has 4 rings (SSSR count). The molecule has 0 saturated heterocycles. The molecule has 4 aromatic rings.